The van der Waals surface area contributed by atoms with Gasteiger partial charge in [0.25, 0.3) is 0 Å². The highest BCUT2D eigenvalue weighted by atomic mass is 16.5. The molecule has 0 bridgehead atoms. The maximum atomic E-state index is 13.3. The fraction of sp³-hybridized carbons (Fsp3) is 0.440. The van der Waals surface area contributed by atoms with Crippen LogP contribution in [-0.2, 0) is 16.0 Å². The molecule has 5 heteroatoms. The van der Waals surface area contributed by atoms with E-state index in [2.05, 4.69) is 19.9 Å². The van der Waals surface area contributed by atoms with Crippen LogP contribution in [0.15, 0.2) is 42.5 Å². The Bertz CT molecular complexity index is 955. The second kappa shape index (κ2) is 8.50. The summed E-state index contributed by atoms with van der Waals surface area (Å²) in [6.45, 7) is 5.45. The Hall–Kier alpha value is -2.82. The van der Waals surface area contributed by atoms with Crippen LogP contribution in [0.5, 0.6) is 5.75 Å². The molecule has 30 heavy (non-hydrogen) atoms. The van der Waals surface area contributed by atoms with Gasteiger partial charge in [0.2, 0.25) is 11.8 Å². The Labute approximate surface area is 178 Å². The van der Waals surface area contributed by atoms with Crippen molar-refractivity contribution in [1.82, 2.24) is 4.90 Å². The number of methoxy groups -OCH3 is 1. The van der Waals surface area contributed by atoms with Gasteiger partial charge in [0.1, 0.15) is 11.7 Å². The molecule has 0 N–H and O–H groups in total. The minimum Gasteiger partial charge on any atom is -0.497 e. The number of carbonyl (C=O) groups excluding carboxylic acids is 2. The first-order valence-corrected chi connectivity index (χ1v) is 10.8. The van der Waals surface area contributed by atoms with E-state index in [4.69, 9.17) is 4.74 Å². The highest BCUT2D eigenvalue weighted by Crippen LogP contribution is 2.31. The third-order valence-electron chi connectivity index (χ3n) is 6.57. The Morgan fingerprint density at radius 2 is 1.90 bits per heavy atom. The highest BCUT2D eigenvalue weighted by Gasteiger charge is 2.42. The van der Waals surface area contributed by atoms with Gasteiger partial charge in [-0.15, -0.1) is 0 Å². The molecule has 0 radical (unpaired) electrons. The molecular formula is C25H30N2O3. The molecular weight excluding hydrogens is 376 g/mol. The number of ether oxygens (including phenoxy) is 1. The monoisotopic (exact) mass is 406 g/mol. The van der Waals surface area contributed by atoms with Gasteiger partial charge in [0.15, 0.2) is 0 Å². The van der Waals surface area contributed by atoms with Gasteiger partial charge >= 0.3 is 0 Å². The average Bonchev–Trinajstić information content (AvgIpc) is 3.36. The maximum Gasteiger partial charge on any atom is 0.239 e. The lowest BCUT2D eigenvalue weighted by Gasteiger charge is -2.27. The molecule has 2 amide bonds. The summed E-state index contributed by atoms with van der Waals surface area (Å²) >= 11 is 0. The van der Waals surface area contributed by atoms with E-state index in [-0.39, 0.29) is 17.9 Å². The van der Waals surface area contributed by atoms with E-state index in [1.165, 1.54) is 5.56 Å². The van der Waals surface area contributed by atoms with E-state index in [9.17, 15) is 9.59 Å². The largest absolute Gasteiger partial charge is 0.497 e. The molecule has 0 aliphatic carbocycles. The fourth-order valence-corrected chi connectivity index (χ4v) is 4.67. The zero-order chi connectivity index (χ0) is 21.3. The Morgan fingerprint density at radius 1 is 1.07 bits per heavy atom. The van der Waals surface area contributed by atoms with Crippen molar-refractivity contribution in [3.05, 3.63) is 59.2 Å². The van der Waals surface area contributed by atoms with Gasteiger partial charge < -0.3 is 14.5 Å². The number of amides is 2. The van der Waals surface area contributed by atoms with Gasteiger partial charge in [-0.1, -0.05) is 18.2 Å². The average molecular weight is 407 g/mol. The number of carbonyl (C=O) groups is 2. The van der Waals surface area contributed by atoms with Crippen molar-refractivity contribution in [1.29, 1.82) is 0 Å². The lowest BCUT2D eigenvalue weighted by molar-refractivity contribution is -0.140. The van der Waals surface area contributed by atoms with E-state index >= 15 is 0 Å². The molecule has 5 nitrogen and oxygen atoms in total. The van der Waals surface area contributed by atoms with Crippen molar-refractivity contribution in [3.63, 3.8) is 0 Å². The van der Waals surface area contributed by atoms with Gasteiger partial charge in [-0.05, 0) is 80.5 Å². The molecule has 2 aliphatic rings. The van der Waals surface area contributed by atoms with Crippen LogP contribution in [0.1, 0.15) is 36.0 Å². The van der Waals surface area contributed by atoms with Crippen LogP contribution in [0, 0.1) is 19.8 Å². The molecule has 2 heterocycles. The first-order valence-electron chi connectivity index (χ1n) is 10.8. The molecule has 4 rings (SSSR count). The standard InChI is InChI=1S/C25H30N2O3/c1-17-9-10-21(14-18(17)2)27-13-11-23(25(27)29)24(28)26-12-5-7-20(26)15-19-6-4-8-22(16-19)30-3/h4,6,8-10,14,16,20,23H,5,7,11-13,15H2,1-3H3. The van der Waals surface area contributed by atoms with Crippen molar-refractivity contribution >= 4 is 17.5 Å². The van der Waals surface area contributed by atoms with Gasteiger partial charge in [0.05, 0.1) is 7.11 Å². The highest BCUT2D eigenvalue weighted by molar-refractivity contribution is 6.09. The summed E-state index contributed by atoms with van der Waals surface area (Å²) in [7, 11) is 1.66. The van der Waals surface area contributed by atoms with E-state index < -0.39 is 5.92 Å². The minimum atomic E-state index is -0.558. The number of rotatable bonds is 5. The van der Waals surface area contributed by atoms with Crippen molar-refractivity contribution in [2.75, 3.05) is 25.1 Å². The molecule has 2 atom stereocenters. The van der Waals surface area contributed by atoms with E-state index in [1.54, 1.807) is 12.0 Å². The first kappa shape index (κ1) is 20.5. The second-order valence-corrected chi connectivity index (χ2v) is 8.48. The number of likely N-dealkylation sites (tertiary alicyclic amines) is 1. The molecule has 2 unspecified atom stereocenters. The van der Waals surface area contributed by atoms with E-state index in [0.717, 1.165) is 48.4 Å². The fourth-order valence-electron chi connectivity index (χ4n) is 4.67. The van der Waals surface area contributed by atoms with Crippen LogP contribution in [0.25, 0.3) is 0 Å². The number of hydrogen-bond acceptors (Lipinski definition) is 3. The maximum absolute atomic E-state index is 13.3. The van der Waals surface area contributed by atoms with Crippen LogP contribution in [0.2, 0.25) is 0 Å². The number of anilines is 1. The van der Waals surface area contributed by atoms with Crippen LogP contribution in [0.4, 0.5) is 5.69 Å². The second-order valence-electron chi connectivity index (χ2n) is 8.48. The summed E-state index contributed by atoms with van der Waals surface area (Å²) in [5.41, 5.74) is 4.42. The predicted octanol–water partition coefficient (Wildman–Crippen LogP) is 3.90. The summed E-state index contributed by atoms with van der Waals surface area (Å²) in [5.74, 6) is 0.211. The predicted molar refractivity (Wildman–Crippen MR) is 118 cm³/mol. The normalized spacial score (nSPS) is 21.4. The lowest BCUT2D eigenvalue weighted by atomic mass is 10.0. The molecule has 158 valence electrons. The molecule has 2 aliphatic heterocycles. The van der Waals surface area contributed by atoms with E-state index in [0.29, 0.717) is 13.0 Å². The van der Waals surface area contributed by atoms with Crippen molar-refractivity contribution in [2.24, 2.45) is 5.92 Å². The number of nitrogens with zero attached hydrogens (tertiary/aromatic N) is 2. The van der Waals surface area contributed by atoms with Crippen molar-refractivity contribution in [2.45, 2.75) is 45.6 Å². The number of aryl methyl sites for hydroxylation is 2. The van der Waals surface area contributed by atoms with Crippen LogP contribution >= 0.6 is 0 Å². The topological polar surface area (TPSA) is 49.9 Å². The smallest absolute Gasteiger partial charge is 0.239 e. The van der Waals surface area contributed by atoms with Gasteiger partial charge in [0, 0.05) is 24.8 Å². The molecule has 2 fully saturated rings. The van der Waals surface area contributed by atoms with Crippen LogP contribution in [0.3, 0.4) is 0 Å². The molecule has 0 aromatic heterocycles. The summed E-state index contributed by atoms with van der Waals surface area (Å²) in [4.78, 5) is 30.2. The number of hydrogen-bond donors (Lipinski definition) is 0. The van der Waals surface area contributed by atoms with Crippen molar-refractivity contribution < 1.29 is 14.3 Å². The van der Waals surface area contributed by atoms with Gasteiger partial charge in [-0.25, -0.2) is 0 Å². The Kier molecular flexibility index (Phi) is 5.80. The number of benzene rings is 2. The molecule has 2 aromatic rings. The molecule has 2 aromatic carbocycles. The summed E-state index contributed by atoms with van der Waals surface area (Å²) in [6, 6.07) is 14.2. The summed E-state index contributed by atoms with van der Waals surface area (Å²) in [6.07, 6.45) is 3.35. The summed E-state index contributed by atoms with van der Waals surface area (Å²) in [5, 5.41) is 0. The zero-order valence-corrected chi connectivity index (χ0v) is 18.1. The van der Waals surface area contributed by atoms with E-state index in [1.807, 2.05) is 41.3 Å². The third kappa shape index (κ3) is 3.93. The summed E-state index contributed by atoms with van der Waals surface area (Å²) < 4.78 is 5.33. The minimum absolute atomic E-state index is 0.00303. The SMILES string of the molecule is COc1cccc(CC2CCCN2C(=O)C2CCN(c3ccc(C)c(C)c3)C2=O)c1. The van der Waals surface area contributed by atoms with Crippen LogP contribution in [-0.4, -0.2) is 43.0 Å². The third-order valence-corrected chi connectivity index (χ3v) is 6.57. The zero-order valence-electron chi connectivity index (χ0n) is 18.1. The molecule has 0 saturated carbocycles. The van der Waals surface area contributed by atoms with Gasteiger partial charge in [-0.2, -0.15) is 0 Å². The van der Waals surface area contributed by atoms with Gasteiger partial charge in [-0.3, -0.25) is 9.59 Å². The molecule has 0 spiro atoms. The first-order chi connectivity index (χ1) is 14.5. The van der Waals surface area contributed by atoms with Crippen LogP contribution < -0.4 is 9.64 Å². The quantitative estimate of drug-likeness (QED) is 0.708. The lowest BCUT2D eigenvalue weighted by Crippen LogP contribution is -2.43. The Morgan fingerprint density at radius 3 is 2.67 bits per heavy atom. The van der Waals surface area contributed by atoms with Crippen molar-refractivity contribution in [3.8, 4) is 5.75 Å². The molecule has 2 saturated heterocycles. The Balaban J connectivity index is 1.46.